The van der Waals surface area contributed by atoms with E-state index in [2.05, 4.69) is 18.8 Å². The molecule has 2 rings (SSSR count). The Labute approximate surface area is 159 Å². The van der Waals surface area contributed by atoms with E-state index in [0.29, 0.717) is 19.5 Å². The van der Waals surface area contributed by atoms with Gasteiger partial charge in [-0.2, -0.15) is 0 Å². The van der Waals surface area contributed by atoms with Crippen LogP contribution >= 0.6 is 36.2 Å². The summed E-state index contributed by atoms with van der Waals surface area (Å²) in [6, 6.07) is 3.81. The minimum Gasteiger partial charge on any atom is -0.459 e. The molecular formula is C16H25Cl2N3O2S. The third-order valence-electron chi connectivity index (χ3n) is 3.48. The molecule has 24 heavy (non-hydrogen) atoms. The van der Waals surface area contributed by atoms with Crippen LogP contribution in [0.25, 0.3) is 10.8 Å². The molecule has 0 aliphatic rings. The third kappa shape index (κ3) is 6.09. The van der Waals surface area contributed by atoms with Crippen LogP contribution in [0.1, 0.15) is 25.3 Å². The Kier molecular flexibility index (Phi) is 8.99. The molecule has 2 aromatic heterocycles. The van der Waals surface area contributed by atoms with Gasteiger partial charge in [-0.1, -0.05) is 13.8 Å². The number of nitrogens with two attached hydrogens (primary N) is 1. The summed E-state index contributed by atoms with van der Waals surface area (Å²) in [5.74, 6) is 1.65. The molecule has 136 valence electrons. The van der Waals surface area contributed by atoms with E-state index in [9.17, 15) is 4.79 Å². The quantitative estimate of drug-likeness (QED) is 0.814. The van der Waals surface area contributed by atoms with Gasteiger partial charge >= 0.3 is 0 Å². The fourth-order valence-corrected chi connectivity index (χ4v) is 2.92. The molecule has 8 heteroatoms. The van der Waals surface area contributed by atoms with Gasteiger partial charge < -0.3 is 15.1 Å². The summed E-state index contributed by atoms with van der Waals surface area (Å²) in [5, 5.41) is 2.72. The topological polar surface area (TPSA) is 72.4 Å². The average Bonchev–Trinajstić information content (AvgIpc) is 3.07. The van der Waals surface area contributed by atoms with Crippen LogP contribution in [0, 0.1) is 12.3 Å². The number of aromatic nitrogens is 1. The highest BCUT2D eigenvalue weighted by Crippen LogP contribution is 2.26. The van der Waals surface area contributed by atoms with Crippen LogP contribution in [-0.4, -0.2) is 35.9 Å². The van der Waals surface area contributed by atoms with Crippen molar-refractivity contribution < 1.29 is 9.21 Å². The number of aryl methyl sites for hydroxylation is 1. The maximum Gasteiger partial charge on any atom is 0.228 e. The summed E-state index contributed by atoms with van der Waals surface area (Å²) in [6.45, 7) is 7.18. The van der Waals surface area contributed by atoms with E-state index in [1.165, 1.54) is 11.3 Å². The number of carbonyl (C=O) groups excluding carboxylic acids is 1. The summed E-state index contributed by atoms with van der Waals surface area (Å²) < 4.78 is 5.55. The van der Waals surface area contributed by atoms with Gasteiger partial charge in [0, 0.05) is 19.0 Å². The van der Waals surface area contributed by atoms with Crippen molar-refractivity contribution in [1.82, 2.24) is 9.88 Å². The van der Waals surface area contributed by atoms with Crippen molar-refractivity contribution in [1.29, 1.82) is 0 Å². The third-order valence-corrected chi connectivity index (χ3v) is 4.38. The Morgan fingerprint density at radius 2 is 2.04 bits per heavy atom. The van der Waals surface area contributed by atoms with Gasteiger partial charge in [-0.3, -0.25) is 4.79 Å². The molecule has 0 unspecified atom stereocenters. The number of rotatable bonds is 6. The predicted molar refractivity (Wildman–Crippen MR) is 103 cm³/mol. The van der Waals surface area contributed by atoms with E-state index in [0.717, 1.165) is 22.2 Å². The van der Waals surface area contributed by atoms with Gasteiger partial charge in [0.1, 0.15) is 5.76 Å². The number of furan rings is 1. The second kappa shape index (κ2) is 9.42. The van der Waals surface area contributed by atoms with E-state index in [1.54, 1.807) is 4.90 Å². The average molecular weight is 394 g/mol. The first-order chi connectivity index (χ1) is 10.3. The number of halogens is 2. The van der Waals surface area contributed by atoms with E-state index in [1.807, 2.05) is 31.5 Å². The van der Waals surface area contributed by atoms with E-state index < -0.39 is 0 Å². The number of hydrogen-bond donors (Lipinski definition) is 1. The van der Waals surface area contributed by atoms with Crippen LogP contribution in [0.5, 0.6) is 0 Å². The minimum atomic E-state index is -0.0800. The lowest BCUT2D eigenvalue weighted by atomic mass is 9.93. The lowest BCUT2D eigenvalue weighted by Gasteiger charge is -2.28. The largest absolute Gasteiger partial charge is 0.459 e. The molecule has 0 aliphatic carbocycles. The molecule has 0 spiro atoms. The first-order valence-electron chi connectivity index (χ1n) is 7.26. The molecule has 2 N–H and O–H groups in total. The van der Waals surface area contributed by atoms with Gasteiger partial charge in [0.05, 0.1) is 12.1 Å². The maximum absolute atomic E-state index is 12.3. The number of amides is 1. The minimum absolute atomic E-state index is 0. The molecule has 0 atom stereocenters. The number of hydrogen-bond acceptors (Lipinski definition) is 5. The first kappa shape index (κ1) is 22.9. The zero-order chi connectivity index (χ0) is 16.3. The second-order valence-electron chi connectivity index (χ2n) is 6.35. The summed E-state index contributed by atoms with van der Waals surface area (Å²) in [7, 11) is 1.81. The molecule has 0 aliphatic heterocycles. The highest BCUT2D eigenvalue weighted by atomic mass is 35.5. The maximum atomic E-state index is 12.3. The van der Waals surface area contributed by atoms with Crippen molar-refractivity contribution in [2.75, 3.05) is 20.1 Å². The van der Waals surface area contributed by atoms with Crippen molar-refractivity contribution in [3.05, 3.63) is 29.0 Å². The number of likely N-dealkylation sites (N-methyl/N-ethyl adjacent to an activating group) is 1. The van der Waals surface area contributed by atoms with Gasteiger partial charge in [0.15, 0.2) is 10.8 Å². The molecule has 1 amide bonds. The van der Waals surface area contributed by atoms with Gasteiger partial charge in [-0.05, 0) is 31.0 Å². The highest BCUT2D eigenvalue weighted by Gasteiger charge is 2.22. The summed E-state index contributed by atoms with van der Waals surface area (Å²) in [5.41, 5.74) is 6.41. The summed E-state index contributed by atoms with van der Waals surface area (Å²) in [6.07, 6.45) is 0.299. The molecule has 0 radical (unpaired) electrons. The standard InChI is InChI=1S/C16H23N3O2S.2ClH/c1-11-5-6-13(21-11)15-18-12(8-22-15)7-14(20)19(4)10-16(2,3)9-17;;/h5-6,8H,7,9-10,17H2,1-4H3;2*1H. The molecule has 0 aromatic carbocycles. The Morgan fingerprint density at radius 3 is 2.58 bits per heavy atom. The van der Waals surface area contributed by atoms with Crippen LogP contribution < -0.4 is 5.73 Å². The van der Waals surface area contributed by atoms with E-state index >= 15 is 0 Å². The molecule has 2 heterocycles. The van der Waals surface area contributed by atoms with Crippen molar-refractivity contribution >= 4 is 42.1 Å². The first-order valence-corrected chi connectivity index (χ1v) is 8.14. The van der Waals surface area contributed by atoms with Crippen LogP contribution in [0.3, 0.4) is 0 Å². The fraction of sp³-hybridized carbons (Fsp3) is 0.500. The summed E-state index contributed by atoms with van der Waals surface area (Å²) in [4.78, 5) is 18.5. The SMILES string of the molecule is Cc1ccc(-c2nc(CC(=O)N(C)CC(C)(C)CN)cs2)o1.Cl.Cl. The molecule has 0 saturated carbocycles. The van der Waals surface area contributed by atoms with Crippen LogP contribution in [0.4, 0.5) is 0 Å². The Hall–Kier alpha value is -1.08. The Morgan fingerprint density at radius 1 is 1.38 bits per heavy atom. The second-order valence-corrected chi connectivity index (χ2v) is 7.21. The molecule has 5 nitrogen and oxygen atoms in total. The molecule has 2 aromatic rings. The number of carbonyl (C=O) groups is 1. The number of thiazole rings is 1. The van der Waals surface area contributed by atoms with Crippen LogP contribution in [-0.2, 0) is 11.2 Å². The van der Waals surface area contributed by atoms with Gasteiger partial charge in [-0.25, -0.2) is 4.98 Å². The molecule has 0 saturated heterocycles. The van der Waals surface area contributed by atoms with Gasteiger partial charge in [-0.15, -0.1) is 36.2 Å². The Bertz CT molecular complexity index is 655. The summed E-state index contributed by atoms with van der Waals surface area (Å²) >= 11 is 1.49. The molecule has 0 fully saturated rings. The molecule has 0 bridgehead atoms. The van der Waals surface area contributed by atoms with E-state index in [4.69, 9.17) is 10.2 Å². The monoisotopic (exact) mass is 393 g/mol. The van der Waals surface area contributed by atoms with Crippen LogP contribution in [0.2, 0.25) is 0 Å². The van der Waals surface area contributed by atoms with Gasteiger partial charge in [0.2, 0.25) is 5.91 Å². The highest BCUT2D eigenvalue weighted by molar-refractivity contribution is 7.13. The van der Waals surface area contributed by atoms with Crippen molar-refractivity contribution in [2.24, 2.45) is 11.1 Å². The zero-order valence-corrected chi connectivity index (χ0v) is 16.8. The normalized spacial score (nSPS) is 10.7. The van der Waals surface area contributed by atoms with Crippen molar-refractivity contribution in [3.8, 4) is 10.8 Å². The van der Waals surface area contributed by atoms with Crippen molar-refractivity contribution in [2.45, 2.75) is 27.2 Å². The van der Waals surface area contributed by atoms with Gasteiger partial charge in [0.25, 0.3) is 0 Å². The lowest BCUT2D eigenvalue weighted by molar-refractivity contribution is -0.130. The smallest absolute Gasteiger partial charge is 0.228 e. The number of nitrogens with zero attached hydrogens (tertiary/aromatic N) is 2. The van der Waals surface area contributed by atoms with Crippen LogP contribution in [0.15, 0.2) is 21.9 Å². The zero-order valence-electron chi connectivity index (χ0n) is 14.4. The van der Waals surface area contributed by atoms with E-state index in [-0.39, 0.29) is 36.1 Å². The van der Waals surface area contributed by atoms with Crippen molar-refractivity contribution in [3.63, 3.8) is 0 Å². The fourth-order valence-electron chi connectivity index (χ4n) is 2.14. The predicted octanol–water partition coefficient (Wildman–Crippen LogP) is 3.54. The Balaban J connectivity index is 0.00000264. The molecular weight excluding hydrogens is 369 g/mol. The lowest BCUT2D eigenvalue weighted by Crippen LogP contribution is -2.40.